The standard InChI is InChI=1S/C13H21BrN2O2S/c1-18-13-12(14)6-11(19-13)8-15-7-10(17)9-16-4-2-3-5-16/h6,10,15,17H,2-5,7-9H2,1H3. The lowest BCUT2D eigenvalue weighted by Crippen LogP contribution is -2.36. The molecule has 0 amide bonds. The Morgan fingerprint density at radius 3 is 2.89 bits per heavy atom. The lowest BCUT2D eigenvalue weighted by molar-refractivity contribution is 0.123. The summed E-state index contributed by atoms with van der Waals surface area (Å²) in [7, 11) is 1.67. The van der Waals surface area contributed by atoms with E-state index in [0.717, 1.165) is 35.7 Å². The van der Waals surface area contributed by atoms with Crippen molar-refractivity contribution in [1.82, 2.24) is 10.2 Å². The Kier molecular flexibility index (Phi) is 6.09. The molecule has 108 valence electrons. The normalized spacial score (nSPS) is 17.8. The van der Waals surface area contributed by atoms with Crippen molar-refractivity contribution in [2.75, 3.05) is 33.3 Å². The molecule has 1 fully saturated rings. The van der Waals surface area contributed by atoms with Crippen LogP contribution in [0.15, 0.2) is 10.5 Å². The van der Waals surface area contributed by atoms with Crippen LogP contribution in [0.2, 0.25) is 0 Å². The van der Waals surface area contributed by atoms with Gasteiger partial charge in [0.05, 0.1) is 17.7 Å². The maximum Gasteiger partial charge on any atom is 0.188 e. The molecule has 0 aromatic carbocycles. The van der Waals surface area contributed by atoms with Gasteiger partial charge in [0.15, 0.2) is 5.06 Å². The van der Waals surface area contributed by atoms with Crippen LogP contribution in [-0.4, -0.2) is 49.4 Å². The van der Waals surface area contributed by atoms with Gasteiger partial charge in [-0.05, 0) is 47.9 Å². The van der Waals surface area contributed by atoms with Gasteiger partial charge in [0, 0.05) is 24.5 Å². The van der Waals surface area contributed by atoms with E-state index in [1.54, 1.807) is 18.4 Å². The first-order valence-corrected chi connectivity index (χ1v) is 8.23. The number of β-amino-alcohol motifs (C(OH)–C–C–N with tert-alkyl or cyclic N) is 1. The molecule has 2 rings (SSSR count). The Hall–Kier alpha value is -0.140. The maximum atomic E-state index is 9.96. The van der Waals surface area contributed by atoms with Crippen molar-refractivity contribution in [1.29, 1.82) is 0 Å². The van der Waals surface area contributed by atoms with E-state index in [2.05, 4.69) is 32.2 Å². The van der Waals surface area contributed by atoms with Crippen molar-refractivity contribution in [3.63, 3.8) is 0 Å². The zero-order chi connectivity index (χ0) is 13.7. The van der Waals surface area contributed by atoms with E-state index in [1.165, 1.54) is 17.7 Å². The van der Waals surface area contributed by atoms with Crippen molar-refractivity contribution < 1.29 is 9.84 Å². The predicted molar refractivity (Wildman–Crippen MR) is 82.0 cm³/mol. The highest BCUT2D eigenvalue weighted by atomic mass is 79.9. The minimum atomic E-state index is -0.289. The molecule has 0 bridgehead atoms. The number of thiophene rings is 1. The summed E-state index contributed by atoms with van der Waals surface area (Å²) in [5.41, 5.74) is 0. The molecular formula is C13H21BrN2O2S. The number of aliphatic hydroxyl groups is 1. The maximum absolute atomic E-state index is 9.96. The van der Waals surface area contributed by atoms with Crippen LogP contribution in [0.5, 0.6) is 5.06 Å². The molecule has 1 atom stereocenters. The van der Waals surface area contributed by atoms with Crippen LogP contribution in [0.4, 0.5) is 0 Å². The number of nitrogens with zero attached hydrogens (tertiary/aromatic N) is 1. The number of likely N-dealkylation sites (tertiary alicyclic amines) is 1. The number of hydrogen-bond donors (Lipinski definition) is 2. The van der Waals surface area contributed by atoms with Crippen LogP contribution in [0.25, 0.3) is 0 Å². The first kappa shape index (κ1) is 15.3. The van der Waals surface area contributed by atoms with Gasteiger partial charge in [0.1, 0.15) is 0 Å². The summed E-state index contributed by atoms with van der Waals surface area (Å²) < 4.78 is 6.22. The summed E-state index contributed by atoms with van der Waals surface area (Å²) in [5, 5.41) is 14.2. The molecule has 19 heavy (non-hydrogen) atoms. The van der Waals surface area contributed by atoms with E-state index >= 15 is 0 Å². The lowest BCUT2D eigenvalue weighted by Gasteiger charge is -2.19. The van der Waals surface area contributed by atoms with Gasteiger partial charge >= 0.3 is 0 Å². The molecule has 0 aliphatic carbocycles. The van der Waals surface area contributed by atoms with Crippen LogP contribution in [0, 0.1) is 0 Å². The van der Waals surface area contributed by atoms with Gasteiger partial charge in [-0.15, -0.1) is 11.3 Å². The molecule has 2 N–H and O–H groups in total. The van der Waals surface area contributed by atoms with Crippen molar-refractivity contribution in [2.24, 2.45) is 0 Å². The van der Waals surface area contributed by atoms with Crippen LogP contribution in [0.3, 0.4) is 0 Å². The van der Waals surface area contributed by atoms with Crippen LogP contribution in [-0.2, 0) is 6.54 Å². The summed E-state index contributed by atoms with van der Waals surface area (Å²) in [6, 6.07) is 2.06. The highest BCUT2D eigenvalue weighted by molar-refractivity contribution is 9.10. The van der Waals surface area contributed by atoms with E-state index in [-0.39, 0.29) is 6.10 Å². The molecule has 6 heteroatoms. The average molecular weight is 349 g/mol. The minimum Gasteiger partial charge on any atom is -0.486 e. The van der Waals surface area contributed by atoms with Gasteiger partial charge in [-0.1, -0.05) is 0 Å². The van der Waals surface area contributed by atoms with Gasteiger partial charge in [0.2, 0.25) is 0 Å². The fourth-order valence-corrected chi connectivity index (χ4v) is 3.98. The number of ether oxygens (including phenoxy) is 1. The molecule has 2 heterocycles. The first-order chi connectivity index (χ1) is 9.19. The number of aliphatic hydroxyl groups excluding tert-OH is 1. The number of halogens is 1. The molecule has 1 aromatic rings. The third-order valence-corrected chi connectivity index (χ3v) is 5.19. The highest BCUT2D eigenvalue weighted by Crippen LogP contribution is 2.34. The number of nitrogens with one attached hydrogen (secondary N) is 1. The van der Waals surface area contributed by atoms with E-state index in [1.807, 2.05) is 0 Å². The number of rotatable bonds is 7. The Bertz CT molecular complexity index is 394. The summed E-state index contributed by atoms with van der Waals surface area (Å²) >= 11 is 5.08. The van der Waals surface area contributed by atoms with Gasteiger partial charge in [-0.25, -0.2) is 0 Å². The Labute approximate surface area is 126 Å². The summed E-state index contributed by atoms with van der Waals surface area (Å²) in [6.07, 6.45) is 2.25. The second-order valence-electron chi connectivity index (χ2n) is 4.84. The van der Waals surface area contributed by atoms with Crippen LogP contribution in [0.1, 0.15) is 17.7 Å². The lowest BCUT2D eigenvalue weighted by atomic mass is 10.3. The zero-order valence-corrected chi connectivity index (χ0v) is 13.6. The highest BCUT2D eigenvalue weighted by Gasteiger charge is 2.15. The van der Waals surface area contributed by atoms with Crippen molar-refractivity contribution in [3.8, 4) is 5.06 Å². The van der Waals surface area contributed by atoms with Crippen LogP contribution < -0.4 is 10.1 Å². The third kappa shape index (κ3) is 4.72. The first-order valence-electron chi connectivity index (χ1n) is 6.62. The van der Waals surface area contributed by atoms with Gasteiger partial charge < -0.3 is 20.1 Å². The monoisotopic (exact) mass is 348 g/mol. The molecule has 0 radical (unpaired) electrons. The van der Waals surface area contributed by atoms with Gasteiger partial charge in [-0.3, -0.25) is 0 Å². The molecule has 1 aliphatic heterocycles. The van der Waals surface area contributed by atoms with Gasteiger partial charge in [0.25, 0.3) is 0 Å². The Balaban J connectivity index is 1.67. The topological polar surface area (TPSA) is 44.7 Å². The predicted octanol–water partition coefficient (Wildman–Crippen LogP) is 2.07. The van der Waals surface area contributed by atoms with E-state index in [0.29, 0.717) is 6.54 Å². The quantitative estimate of drug-likeness (QED) is 0.791. The fourth-order valence-electron chi connectivity index (χ4n) is 2.31. The second-order valence-corrected chi connectivity index (χ2v) is 6.80. The van der Waals surface area contributed by atoms with Crippen molar-refractivity contribution >= 4 is 27.3 Å². The molecule has 1 saturated heterocycles. The second kappa shape index (κ2) is 7.59. The third-order valence-electron chi connectivity index (χ3n) is 3.24. The smallest absolute Gasteiger partial charge is 0.188 e. The molecule has 1 aliphatic rings. The van der Waals surface area contributed by atoms with Gasteiger partial charge in [-0.2, -0.15) is 0 Å². The molecule has 1 unspecified atom stereocenters. The number of hydrogen-bond acceptors (Lipinski definition) is 5. The zero-order valence-electron chi connectivity index (χ0n) is 11.2. The van der Waals surface area contributed by atoms with E-state index in [9.17, 15) is 5.11 Å². The Morgan fingerprint density at radius 1 is 1.53 bits per heavy atom. The van der Waals surface area contributed by atoms with E-state index < -0.39 is 0 Å². The average Bonchev–Trinajstić information content (AvgIpc) is 2.99. The van der Waals surface area contributed by atoms with Crippen LogP contribution >= 0.6 is 27.3 Å². The number of methoxy groups -OCH3 is 1. The van der Waals surface area contributed by atoms with Crippen molar-refractivity contribution in [2.45, 2.75) is 25.5 Å². The minimum absolute atomic E-state index is 0.289. The summed E-state index contributed by atoms with van der Waals surface area (Å²) in [4.78, 5) is 3.54. The molecule has 0 saturated carbocycles. The Morgan fingerprint density at radius 2 is 2.26 bits per heavy atom. The SMILES string of the molecule is COc1sc(CNCC(O)CN2CCCC2)cc1Br. The molecule has 1 aromatic heterocycles. The molecule has 4 nitrogen and oxygen atoms in total. The largest absolute Gasteiger partial charge is 0.486 e. The molecule has 0 spiro atoms. The molecular weight excluding hydrogens is 328 g/mol. The van der Waals surface area contributed by atoms with Crippen molar-refractivity contribution in [3.05, 3.63) is 15.4 Å². The summed E-state index contributed by atoms with van der Waals surface area (Å²) in [6.45, 7) is 4.45. The van der Waals surface area contributed by atoms with E-state index in [4.69, 9.17) is 4.74 Å². The summed E-state index contributed by atoms with van der Waals surface area (Å²) in [5.74, 6) is 0. The fraction of sp³-hybridized carbons (Fsp3) is 0.692.